The lowest BCUT2D eigenvalue weighted by atomic mass is 10.2. The van der Waals surface area contributed by atoms with E-state index >= 15 is 0 Å². The minimum atomic E-state index is -1.16. The van der Waals surface area contributed by atoms with Crippen LogP contribution in [0.4, 0.5) is 4.79 Å². The molecule has 1 atom stereocenters. The van der Waals surface area contributed by atoms with Gasteiger partial charge in [-0.05, 0) is 0 Å². The van der Waals surface area contributed by atoms with Gasteiger partial charge in [-0.1, -0.05) is 0 Å². The first-order valence-electron chi connectivity index (χ1n) is 5.21. The molecule has 96 valence electrons. The van der Waals surface area contributed by atoms with Crippen molar-refractivity contribution >= 4 is 12.0 Å². The molecule has 0 saturated carbocycles. The second kappa shape index (κ2) is 6.30. The smallest absolute Gasteiger partial charge is 0.327 e. The number of aryl methyl sites for hydroxylation is 1. The third-order valence-corrected chi connectivity index (χ3v) is 2.14. The molecule has 3 N–H and O–H groups in total. The number of rotatable bonds is 5. The second-order valence-electron chi connectivity index (χ2n) is 3.65. The number of aliphatic carboxylic acids is 1. The van der Waals surface area contributed by atoms with Crippen LogP contribution >= 0.6 is 0 Å². The van der Waals surface area contributed by atoms with Gasteiger partial charge >= 0.3 is 12.0 Å². The van der Waals surface area contributed by atoms with Crippen LogP contribution in [0.15, 0.2) is 12.4 Å². The highest BCUT2D eigenvalue weighted by Gasteiger charge is 2.18. The van der Waals surface area contributed by atoms with Crippen LogP contribution in [0.5, 0.6) is 0 Å². The number of carboxylic acids is 1. The summed E-state index contributed by atoms with van der Waals surface area (Å²) >= 11 is 0. The number of carboxylic acid groups (broad SMARTS) is 1. The molecule has 0 aliphatic carbocycles. The van der Waals surface area contributed by atoms with E-state index in [4.69, 9.17) is 11.5 Å². The lowest BCUT2D eigenvalue weighted by Gasteiger charge is -2.12. The summed E-state index contributed by atoms with van der Waals surface area (Å²) in [5.74, 6) is 1.03. The molecule has 1 aromatic heterocycles. The van der Waals surface area contributed by atoms with Crippen molar-refractivity contribution in [1.82, 2.24) is 20.4 Å². The van der Waals surface area contributed by atoms with Crippen molar-refractivity contribution in [3.8, 4) is 12.3 Å². The van der Waals surface area contributed by atoms with Crippen molar-refractivity contribution < 1.29 is 14.7 Å². The summed E-state index contributed by atoms with van der Waals surface area (Å²) in [5.41, 5.74) is 0.816. The summed E-state index contributed by atoms with van der Waals surface area (Å²) in [6.07, 6.45) is 8.31. The molecule has 2 amide bonds. The molecule has 1 heterocycles. The molecule has 0 bridgehead atoms. The molecular formula is C11H14N4O3. The number of carbonyl (C=O) groups excluding carboxylic acids is 1. The first kappa shape index (κ1) is 13.6. The molecule has 0 radical (unpaired) electrons. The summed E-state index contributed by atoms with van der Waals surface area (Å²) in [6.45, 7) is 0.266. The third-order valence-electron chi connectivity index (χ3n) is 2.14. The Morgan fingerprint density at radius 1 is 1.67 bits per heavy atom. The number of aromatic nitrogens is 2. The molecule has 1 rings (SSSR count). The molecule has 7 nitrogen and oxygen atoms in total. The number of hydrogen-bond donors (Lipinski definition) is 3. The van der Waals surface area contributed by atoms with Crippen molar-refractivity contribution in [3.63, 3.8) is 0 Å². The Bertz CT molecular complexity index is 475. The highest BCUT2D eigenvalue weighted by Crippen LogP contribution is 1.95. The van der Waals surface area contributed by atoms with Crippen LogP contribution in [-0.2, 0) is 18.4 Å². The fourth-order valence-electron chi connectivity index (χ4n) is 1.27. The van der Waals surface area contributed by atoms with E-state index in [2.05, 4.69) is 21.7 Å². The zero-order chi connectivity index (χ0) is 13.5. The summed E-state index contributed by atoms with van der Waals surface area (Å²) in [5, 5.41) is 17.5. The van der Waals surface area contributed by atoms with Gasteiger partial charge in [-0.25, -0.2) is 9.59 Å². The zero-order valence-corrected chi connectivity index (χ0v) is 9.88. The van der Waals surface area contributed by atoms with Gasteiger partial charge in [-0.2, -0.15) is 5.10 Å². The van der Waals surface area contributed by atoms with Gasteiger partial charge in [-0.15, -0.1) is 12.3 Å². The summed E-state index contributed by atoms with van der Waals surface area (Å²) < 4.78 is 1.60. The first-order valence-corrected chi connectivity index (χ1v) is 5.21. The van der Waals surface area contributed by atoms with E-state index < -0.39 is 18.0 Å². The van der Waals surface area contributed by atoms with Crippen LogP contribution in [0.1, 0.15) is 12.0 Å². The van der Waals surface area contributed by atoms with Gasteiger partial charge in [-0.3, -0.25) is 4.68 Å². The minimum Gasteiger partial charge on any atom is -0.480 e. The molecule has 0 aromatic carbocycles. The first-order chi connectivity index (χ1) is 8.52. The number of nitrogens with one attached hydrogen (secondary N) is 2. The van der Waals surface area contributed by atoms with Crippen LogP contribution < -0.4 is 10.6 Å². The number of amides is 2. The highest BCUT2D eigenvalue weighted by atomic mass is 16.4. The van der Waals surface area contributed by atoms with Crippen molar-refractivity contribution in [1.29, 1.82) is 0 Å². The van der Waals surface area contributed by atoms with Crippen LogP contribution in [0, 0.1) is 12.3 Å². The molecule has 0 saturated heterocycles. The lowest BCUT2D eigenvalue weighted by Crippen LogP contribution is -2.45. The predicted molar refractivity (Wildman–Crippen MR) is 63.5 cm³/mol. The third kappa shape index (κ3) is 4.17. The van der Waals surface area contributed by atoms with E-state index in [0.29, 0.717) is 0 Å². The van der Waals surface area contributed by atoms with Crippen molar-refractivity contribution in [2.45, 2.75) is 19.0 Å². The quantitative estimate of drug-likeness (QED) is 0.625. The van der Waals surface area contributed by atoms with Crippen LogP contribution in [0.3, 0.4) is 0 Å². The maximum absolute atomic E-state index is 11.4. The van der Waals surface area contributed by atoms with E-state index in [0.717, 1.165) is 5.56 Å². The molecular weight excluding hydrogens is 236 g/mol. The fourth-order valence-corrected chi connectivity index (χ4v) is 1.27. The molecule has 0 aliphatic heterocycles. The predicted octanol–water partition coefficient (Wildman–Crippen LogP) is -0.304. The molecule has 18 heavy (non-hydrogen) atoms. The summed E-state index contributed by atoms with van der Waals surface area (Å²) in [4.78, 5) is 22.2. The largest absolute Gasteiger partial charge is 0.480 e. The summed E-state index contributed by atoms with van der Waals surface area (Å²) in [7, 11) is 1.76. The highest BCUT2D eigenvalue weighted by molar-refractivity contribution is 5.82. The van der Waals surface area contributed by atoms with E-state index in [9.17, 15) is 9.59 Å². The number of carbonyl (C=O) groups is 2. The van der Waals surface area contributed by atoms with Crippen LogP contribution in [0.25, 0.3) is 0 Å². The van der Waals surface area contributed by atoms with E-state index in [1.807, 2.05) is 0 Å². The van der Waals surface area contributed by atoms with Gasteiger partial charge in [0, 0.05) is 31.8 Å². The van der Waals surface area contributed by atoms with Gasteiger partial charge in [0.1, 0.15) is 6.04 Å². The molecule has 1 aromatic rings. The molecule has 1 unspecified atom stereocenters. The van der Waals surface area contributed by atoms with E-state index in [-0.39, 0.29) is 13.0 Å². The molecule has 0 aliphatic rings. The number of hydrogen-bond acceptors (Lipinski definition) is 3. The standard InChI is InChI=1S/C11H14N4O3/c1-3-4-9(10(16)17)14-11(18)12-5-8-6-13-15(2)7-8/h1,6-7,9H,4-5H2,2H3,(H,16,17)(H2,12,14,18). The lowest BCUT2D eigenvalue weighted by molar-refractivity contribution is -0.139. The minimum absolute atomic E-state index is 0.0599. The normalized spacial score (nSPS) is 11.3. The number of urea groups is 1. The van der Waals surface area contributed by atoms with Gasteiger partial charge < -0.3 is 15.7 Å². The zero-order valence-electron chi connectivity index (χ0n) is 9.88. The van der Waals surface area contributed by atoms with Crippen molar-refractivity contribution in [3.05, 3.63) is 18.0 Å². The Morgan fingerprint density at radius 3 is 2.89 bits per heavy atom. The Kier molecular flexibility index (Phi) is 4.75. The Labute approximate surface area is 104 Å². The fraction of sp³-hybridized carbons (Fsp3) is 0.364. The van der Waals surface area contributed by atoms with Crippen LogP contribution in [-0.4, -0.2) is 32.9 Å². The van der Waals surface area contributed by atoms with E-state index in [1.54, 1.807) is 24.1 Å². The van der Waals surface area contributed by atoms with Gasteiger partial charge in [0.25, 0.3) is 0 Å². The SMILES string of the molecule is C#CCC(NC(=O)NCc1cnn(C)c1)C(=O)O. The number of nitrogens with zero attached hydrogens (tertiary/aromatic N) is 2. The van der Waals surface area contributed by atoms with Crippen LogP contribution in [0.2, 0.25) is 0 Å². The van der Waals surface area contributed by atoms with Crippen molar-refractivity contribution in [2.24, 2.45) is 7.05 Å². The maximum atomic E-state index is 11.4. The number of terminal acetylenes is 1. The van der Waals surface area contributed by atoms with Gasteiger partial charge in [0.2, 0.25) is 0 Å². The maximum Gasteiger partial charge on any atom is 0.327 e. The Morgan fingerprint density at radius 2 is 2.39 bits per heavy atom. The van der Waals surface area contributed by atoms with Crippen molar-refractivity contribution in [2.75, 3.05) is 0 Å². The Hall–Kier alpha value is -2.49. The van der Waals surface area contributed by atoms with E-state index in [1.165, 1.54) is 0 Å². The van der Waals surface area contributed by atoms with Gasteiger partial charge in [0.15, 0.2) is 0 Å². The molecule has 0 fully saturated rings. The Balaban J connectivity index is 2.41. The molecule has 0 spiro atoms. The average Bonchev–Trinajstić information content (AvgIpc) is 2.72. The molecule has 7 heteroatoms. The van der Waals surface area contributed by atoms with Gasteiger partial charge in [0.05, 0.1) is 6.20 Å². The summed E-state index contributed by atoms with van der Waals surface area (Å²) in [6, 6.07) is -1.66. The topological polar surface area (TPSA) is 96.3 Å². The second-order valence-corrected chi connectivity index (χ2v) is 3.65. The average molecular weight is 250 g/mol. The monoisotopic (exact) mass is 250 g/mol.